The van der Waals surface area contributed by atoms with E-state index in [0.29, 0.717) is 0 Å². The predicted molar refractivity (Wildman–Crippen MR) is 88.0 cm³/mol. The normalized spacial score (nSPS) is 11.1. The van der Waals surface area contributed by atoms with Crippen LogP contribution in [0.25, 0.3) is 0 Å². The lowest BCUT2D eigenvalue weighted by Gasteiger charge is -2.04. The molecule has 0 amide bonds. The summed E-state index contributed by atoms with van der Waals surface area (Å²) in [5.41, 5.74) is 0. The molecule has 0 saturated heterocycles. The van der Waals surface area contributed by atoms with Crippen molar-refractivity contribution < 1.29 is 0 Å². The zero-order valence-electron chi connectivity index (χ0n) is 12.9. The predicted octanol–water partition coefficient (Wildman–Crippen LogP) is 6.04. The van der Waals surface area contributed by atoms with Crippen molar-refractivity contribution in [3.8, 4) is 0 Å². The second kappa shape index (κ2) is 11.5. The topological polar surface area (TPSA) is 4.93 Å². The van der Waals surface area contributed by atoms with E-state index < -0.39 is 0 Å². The van der Waals surface area contributed by atoms with Crippen LogP contribution in [-0.4, -0.2) is 10.3 Å². The van der Waals surface area contributed by atoms with Crippen LogP contribution < -0.4 is 0 Å². The first-order valence-electron chi connectivity index (χ1n) is 8.08. The molecule has 0 bridgehead atoms. The molecule has 2 heteroatoms. The summed E-state index contributed by atoms with van der Waals surface area (Å²) in [6, 6.07) is 4.34. The lowest BCUT2D eigenvalue weighted by molar-refractivity contribution is 0.563. The summed E-state index contributed by atoms with van der Waals surface area (Å²) >= 11 is 1.99. The molecule has 0 aliphatic rings. The zero-order chi connectivity index (χ0) is 13.8. The summed E-state index contributed by atoms with van der Waals surface area (Å²) < 4.78 is 2.21. The summed E-state index contributed by atoms with van der Waals surface area (Å²) in [7, 11) is 2.13. The lowest BCUT2D eigenvalue weighted by atomic mass is 10.1. The fraction of sp³-hybridized carbons (Fsp3) is 0.765. The number of nitrogens with zero attached hydrogens (tertiary/aromatic N) is 1. The van der Waals surface area contributed by atoms with E-state index in [2.05, 4.69) is 36.9 Å². The van der Waals surface area contributed by atoms with Crippen molar-refractivity contribution in [1.29, 1.82) is 0 Å². The van der Waals surface area contributed by atoms with E-state index in [0.717, 1.165) is 0 Å². The molecular weight excluding hydrogens is 250 g/mol. The Hall–Kier alpha value is -0.370. The molecule has 0 unspecified atom stereocenters. The van der Waals surface area contributed by atoms with E-state index in [1.165, 1.54) is 75.0 Å². The van der Waals surface area contributed by atoms with Gasteiger partial charge in [-0.2, -0.15) is 0 Å². The molecule has 1 aromatic rings. The Morgan fingerprint density at radius 3 is 2.00 bits per heavy atom. The molecule has 0 atom stereocenters. The number of unbranched alkanes of at least 4 members (excludes halogenated alkanes) is 9. The third-order valence-electron chi connectivity index (χ3n) is 3.64. The van der Waals surface area contributed by atoms with Crippen molar-refractivity contribution in [2.75, 3.05) is 5.75 Å². The van der Waals surface area contributed by atoms with Gasteiger partial charge in [0.1, 0.15) is 0 Å². The molecule has 0 radical (unpaired) electrons. The van der Waals surface area contributed by atoms with Gasteiger partial charge in [-0.15, -0.1) is 11.8 Å². The molecule has 0 N–H and O–H groups in total. The van der Waals surface area contributed by atoms with E-state index in [9.17, 15) is 0 Å². The summed E-state index contributed by atoms with van der Waals surface area (Å²) in [5, 5.41) is 1.40. The molecule has 0 fully saturated rings. The molecule has 0 spiro atoms. The first-order chi connectivity index (χ1) is 9.34. The van der Waals surface area contributed by atoms with Gasteiger partial charge in [0.2, 0.25) is 0 Å². The average molecular weight is 282 g/mol. The second-order valence-corrected chi connectivity index (χ2v) is 6.60. The van der Waals surface area contributed by atoms with Gasteiger partial charge in [0.05, 0.1) is 5.03 Å². The minimum absolute atomic E-state index is 1.27. The Bertz CT molecular complexity index is 306. The van der Waals surface area contributed by atoms with Crippen molar-refractivity contribution in [3.63, 3.8) is 0 Å². The molecule has 1 nitrogen and oxygen atoms in total. The minimum Gasteiger partial charge on any atom is -0.346 e. The van der Waals surface area contributed by atoms with Crippen LogP contribution in [0.1, 0.15) is 71.1 Å². The van der Waals surface area contributed by atoms with Crippen LogP contribution in [0.2, 0.25) is 0 Å². The maximum absolute atomic E-state index is 2.29. The van der Waals surface area contributed by atoms with E-state index in [1.54, 1.807) is 0 Å². The monoisotopic (exact) mass is 281 g/mol. The molecule has 0 aliphatic carbocycles. The third kappa shape index (κ3) is 8.41. The molecule has 0 saturated carbocycles. The molecule has 1 rings (SSSR count). The zero-order valence-corrected chi connectivity index (χ0v) is 13.7. The first kappa shape index (κ1) is 16.7. The molecule has 19 heavy (non-hydrogen) atoms. The van der Waals surface area contributed by atoms with E-state index >= 15 is 0 Å². The molecule has 1 heterocycles. The lowest BCUT2D eigenvalue weighted by Crippen LogP contribution is -1.89. The van der Waals surface area contributed by atoms with E-state index in [-0.39, 0.29) is 0 Å². The Labute approximate surface area is 124 Å². The highest BCUT2D eigenvalue weighted by atomic mass is 32.2. The first-order valence-corrected chi connectivity index (χ1v) is 9.07. The van der Waals surface area contributed by atoms with Crippen LogP contribution in [-0.2, 0) is 7.05 Å². The van der Waals surface area contributed by atoms with Crippen LogP contribution in [0.15, 0.2) is 23.4 Å². The second-order valence-electron chi connectivity index (χ2n) is 5.49. The van der Waals surface area contributed by atoms with Gasteiger partial charge < -0.3 is 4.57 Å². The Morgan fingerprint density at radius 1 is 0.895 bits per heavy atom. The fourth-order valence-electron chi connectivity index (χ4n) is 2.36. The van der Waals surface area contributed by atoms with Crippen LogP contribution in [0.3, 0.4) is 0 Å². The van der Waals surface area contributed by atoms with Gasteiger partial charge in [0, 0.05) is 13.2 Å². The van der Waals surface area contributed by atoms with Gasteiger partial charge in [0.15, 0.2) is 0 Å². The molecule has 1 aromatic heterocycles. The molecule has 110 valence electrons. The van der Waals surface area contributed by atoms with Gasteiger partial charge in [-0.3, -0.25) is 0 Å². The summed E-state index contributed by atoms with van der Waals surface area (Å²) in [4.78, 5) is 0. The Morgan fingerprint density at radius 2 is 1.47 bits per heavy atom. The number of rotatable bonds is 12. The standard InChI is InChI=1S/C17H31NS/c1-3-4-5-6-7-8-9-10-11-12-16-19-17-14-13-15-18(17)2/h13-15H,3-12,16H2,1-2H3. The SMILES string of the molecule is CCCCCCCCCCCCSc1cccn1C. The van der Waals surface area contributed by atoms with E-state index in [4.69, 9.17) is 0 Å². The van der Waals surface area contributed by atoms with Crippen molar-refractivity contribution in [3.05, 3.63) is 18.3 Å². The number of aromatic nitrogens is 1. The van der Waals surface area contributed by atoms with Gasteiger partial charge in [0.25, 0.3) is 0 Å². The van der Waals surface area contributed by atoms with E-state index in [1.807, 2.05) is 11.8 Å². The van der Waals surface area contributed by atoms with Crippen molar-refractivity contribution in [1.82, 2.24) is 4.57 Å². The van der Waals surface area contributed by atoms with Gasteiger partial charge >= 0.3 is 0 Å². The summed E-state index contributed by atoms with van der Waals surface area (Å²) in [6.45, 7) is 2.29. The van der Waals surface area contributed by atoms with Crippen molar-refractivity contribution in [2.24, 2.45) is 7.05 Å². The quantitative estimate of drug-likeness (QED) is 0.334. The molecular formula is C17H31NS. The number of aryl methyl sites for hydroxylation is 1. The van der Waals surface area contributed by atoms with Gasteiger partial charge in [-0.25, -0.2) is 0 Å². The van der Waals surface area contributed by atoms with Crippen LogP contribution >= 0.6 is 11.8 Å². The molecule has 0 aliphatic heterocycles. The highest BCUT2D eigenvalue weighted by Crippen LogP contribution is 2.19. The fourth-order valence-corrected chi connectivity index (χ4v) is 3.36. The number of hydrogen-bond donors (Lipinski definition) is 0. The van der Waals surface area contributed by atoms with Crippen molar-refractivity contribution in [2.45, 2.75) is 76.2 Å². The van der Waals surface area contributed by atoms with Crippen molar-refractivity contribution >= 4 is 11.8 Å². The largest absolute Gasteiger partial charge is 0.346 e. The Balaban J connectivity index is 1.80. The average Bonchev–Trinajstić information content (AvgIpc) is 2.82. The third-order valence-corrected chi connectivity index (χ3v) is 4.86. The number of thioether (sulfide) groups is 1. The maximum atomic E-state index is 2.29. The highest BCUT2D eigenvalue weighted by Gasteiger charge is 1.97. The summed E-state index contributed by atoms with van der Waals surface area (Å²) in [5.74, 6) is 1.27. The highest BCUT2D eigenvalue weighted by molar-refractivity contribution is 7.99. The van der Waals surface area contributed by atoms with Crippen LogP contribution in [0.5, 0.6) is 0 Å². The van der Waals surface area contributed by atoms with Gasteiger partial charge in [-0.1, -0.05) is 64.7 Å². The minimum atomic E-state index is 1.27. The Kier molecular flexibility index (Phi) is 10.1. The maximum Gasteiger partial charge on any atom is 0.0745 e. The summed E-state index contributed by atoms with van der Waals surface area (Å²) in [6.07, 6.45) is 16.4. The smallest absolute Gasteiger partial charge is 0.0745 e. The van der Waals surface area contributed by atoms with Crippen LogP contribution in [0, 0.1) is 0 Å². The molecule has 0 aromatic carbocycles. The number of hydrogen-bond acceptors (Lipinski definition) is 1. The van der Waals surface area contributed by atoms with Gasteiger partial charge in [-0.05, 0) is 24.3 Å². The van der Waals surface area contributed by atoms with Crippen LogP contribution in [0.4, 0.5) is 0 Å².